The summed E-state index contributed by atoms with van der Waals surface area (Å²) in [6, 6.07) is 0. The minimum Gasteiger partial charge on any atom is -0.322 e. The Kier molecular flexibility index (Phi) is 3.18. The van der Waals surface area contributed by atoms with Gasteiger partial charge < -0.3 is 5.73 Å². The maximum absolute atomic E-state index is 6.10. The lowest BCUT2D eigenvalue weighted by Gasteiger charge is -2.29. The van der Waals surface area contributed by atoms with E-state index >= 15 is 0 Å². The van der Waals surface area contributed by atoms with Crippen molar-refractivity contribution in [3.05, 3.63) is 12.7 Å². The van der Waals surface area contributed by atoms with Crippen molar-refractivity contribution >= 4 is 0 Å². The van der Waals surface area contributed by atoms with Crippen LogP contribution in [-0.2, 0) is 0 Å². The van der Waals surface area contributed by atoms with E-state index in [1.165, 1.54) is 12.8 Å². The van der Waals surface area contributed by atoms with E-state index in [1.807, 2.05) is 6.08 Å². The molecule has 13 heavy (non-hydrogen) atoms. The second-order valence-electron chi connectivity index (χ2n) is 5.11. The molecule has 0 aromatic rings. The Labute approximate surface area is 82.4 Å². The van der Waals surface area contributed by atoms with E-state index in [1.54, 1.807) is 0 Å². The molecule has 0 bridgehead atoms. The van der Waals surface area contributed by atoms with Crippen LogP contribution >= 0.6 is 0 Å². The molecule has 1 saturated carbocycles. The molecule has 76 valence electrons. The fraction of sp³-hybridized carbons (Fsp3) is 0.833. The molecule has 0 aromatic heterocycles. The Morgan fingerprint density at radius 3 is 2.23 bits per heavy atom. The van der Waals surface area contributed by atoms with Crippen LogP contribution in [0.3, 0.4) is 0 Å². The highest BCUT2D eigenvalue weighted by Gasteiger charge is 2.33. The molecule has 1 aliphatic carbocycles. The third-order valence-electron chi connectivity index (χ3n) is 3.68. The van der Waals surface area contributed by atoms with Gasteiger partial charge >= 0.3 is 0 Å². The minimum atomic E-state index is -0.169. The fourth-order valence-corrected chi connectivity index (χ4v) is 2.51. The van der Waals surface area contributed by atoms with Crippen LogP contribution in [0.15, 0.2) is 12.7 Å². The second-order valence-corrected chi connectivity index (χ2v) is 5.11. The average Bonchev–Trinajstić information content (AvgIpc) is 2.36. The van der Waals surface area contributed by atoms with Gasteiger partial charge in [-0.05, 0) is 31.1 Å². The smallest absolute Gasteiger partial charge is 0.0310 e. The monoisotopic (exact) mass is 181 g/mol. The zero-order valence-electron chi connectivity index (χ0n) is 9.22. The van der Waals surface area contributed by atoms with Gasteiger partial charge in [0.05, 0.1) is 0 Å². The van der Waals surface area contributed by atoms with Gasteiger partial charge in [0.15, 0.2) is 0 Å². The minimum absolute atomic E-state index is 0.169. The van der Waals surface area contributed by atoms with Gasteiger partial charge in [-0.3, -0.25) is 0 Å². The van der Waals surface area contributed by atoms with Crippen LogP contribution in [0.2, 0.25) is 0 Å². The van der Waals surface area contributed by atoms with Gasteiger partial charge in [0.2, 0.25) is 0 Å². The maximum Gasteiger partial charge on any atom is 0.0310 e. The topological polar surface area (TPSA) is 26.0 Å². The Morgan fingerprint density at radius 2 is 1.85 bits per heavy atom. The lowest BCUT2D eigenvalue weighted by Crippen LogP contribution is -2.37. The summed E-state index contributed by atoms with van der Waals surface area (Å²) in [5, 5.41) is 0. The molecular weight excluding hydrogens is 158 g/mol. The molecule has 1 nitrogen and oxygen atoms in total. The number of hydrogen-bond donors (Lipinski definition) is 1. The predicted molar refractivity (Wildman–Crippen MR) is 58.5 cm³/mol. The first-order chi connectivity index (χ1) is 5.96. The Hall–Kier alpha value is -0.300. The number of nitrogens with two attached hydrogens (primary N) is 1. The average molecular weight is 181 g/mol. The molecule has 3 unspecified atom stereocenters. The zero-order chi connectivity index (χ0) is 10.1. The van der Waals surface area contributed by atoms with E-state index in [2.05, 4.69) is 27.4 Å². The van der Waals surface area contributed by atoms with Crippen molar-refractivity contribution in [3.8, 4) is 0 Å². The summed E-state index contributed by atoms with van der Waals surface area (Å²) in [6.07, 6.45) is 5.74. The van der Waals surface area contributed by atoms with Crippen LogP contribution in [0.4, 0.5) is 0 Å². The van der Waals surface area contributed by atoms with Gasteiger partial charge in [0.1, 0.15) is 0 Å². The lowest BCUT2D eigenvalue weighted by atomic mass is 9.80. The molecule has 0 heterocycles. The highest BCUT2D eigenvalue weighted by Crippen LogP contribution is 2.40. The Bertz CT molecular complexity index is 174. The van der Waals surface area contributed by atoms with E-state index in [9.17, 15) is 0 Å². The summed E-state index contributed by atoms with van der Waals surface area (Å²) < 4.78 is 0. The molecule has 1 fully saturated rings. The van der Waals surface area contributed by atoms with E-state index in [4.69, 9.17) is 5.73 Å². The van der Waals surface area contributed by atoms with Gasteiger partial charge in [-0.15, -0.1) is 6.58 Å². The molecule has 0 saturated heterocycles. The van der Waals surface area contributed by atoms with E-state index in [0.29, 0.717) is 0 Å². The van der Waals surface area contributed by atoms with Gasteiger partial charge in [-0.1, -0.05) is 32.8 Å². The standard InChI is InChI=1S/C12H23N/c1-5-12(4,13)8-11-9(2)6-7-10(11)3/h5,9-11H,1,6-8,13H2,2-4H3. The van der Waals surface area contributed by atoms with Crippen LogP contribution in [0, 0.1) is 17.8 Å². The molecular formula is C12H23N. The Balaban J connectivity index is 2.57. The molecule has 2 N–H and O–H groups in total. The summed E-state index contributed by atoms with van der Waals surface area (Å²) >= 11 is 0. The predicted octanol–water partition coefficient (Wildman–Crippen LogP) is 2.96. The summed E-state index contributed by atoms with van der Waals surface area (Å²) in [7, 11) is 0. The van der Waals surface area contributed by atoms with Crippen molar-refractivity contribution < 1.29 is 0 Å². The fourth-order valence-electron chi connectivity index (χ4n) is 2.51. The molecule has 0 amide bonds. The van der Waals surface area contributed by atoms with E-state index < -0.39 is 0 Å². The number of rotatable bonds is 3. The maximum atomic E-state index is 6.10. The highest BCUT2D eigenvalue weighted by atomic mass is 14.7. The molecule has 0 radical (unpaired) electrons. The highest BCUT2D eigenvalue weighted by molar-refractivity contribution is 4.99. The van der Waals surface area contributed by atoms with Crippen molar-refractivity contribution in [2.24, 2.45) is 23.5 Å². The summed E-state index contributed by atoms with van der Waals surface area (Å²) in [5.41, 5.74) is 5.93. The SMILES string of the molecule is C=CC(C)(N)CC1C(C)CCC1C. The van der Waals surface area contributed by atoms with Gasteiger partial charge in [-0.25, -0.2) is 0 Å². The quantitative estimate of drug-likeness (QED) is 0.666. The molecule has 0 aromatic carbocycles. The molecule has 1 rings (SSSR count). The first-order valence-corrected chi connectivity index (χ1v) is 5.39. The van der Waals surface area contributed by atoms with Crippen molar-refractivity contribution in [2.75, 3.05) is 0 Å². The van der Waals surface area contributed by atoms with Gasteiger partial charge in [0, 0.05) is 5.54 Å². The van der Waals surface area contributed by atoms with Crippen LogP contribution < -0.4 is 5.73 Å². The summed E-state index contributed by atoms with van der Waals surface area (Å²) in [4.78, 5) is 0. The largest absolute Gasteiger partial charge is 0.322 e. The molecule has 1 aliphatic rings. The molecule has 0 spiro atoms. The lowest BCUT2D eigenvalue weighted by molar-refractivity contribution is 0.277. The normalized spacial score (nSPS) is 38.6. The van der Waals surface area contributed by atoms with Crippen molar-refractivity contribution in [3.63, 3.8) is 0 Å². The van der Waals surface area contributed by atoms with Crippen molar-refractivity contribution in [1.82, 2.24) is 0 Å². The molecule has 3 atom stereocenters. The van der Waals surface area contributed by atoms with Crippen molar-refractivity contribution in [2.45, 2.75) is 45.6 Å². The molecule has 1 heteroatoms. The van der Waals surface area contributed by atoms with E-state index in [0.717, 1.165) is 24.2 Å². The van der Waals surface area contributed by atoms with Gasteiger partial charge in [0.25, 0.3) is 0 Å². The van der Waals surface area contributed by atoms with Crippen LogP contribution in [0.1, 0.15) is 40.0 Å². The third kappa shape index (κ3) is 2.57. The van der Waals surface area contributed by atoms with E-state index in [-0.39, 0.29) is 5.54 Å². The first kappa shape index (κ1) is 10.8. The Morgan fingerprint density at radius 1 is 1.38 bits per heavy atom. The van der Waals surface area contributed by atoms with Crippen molar-refractivity contribution in [1.29, 1.82) is 0 Å². The summed E-state index contributed by atoms with van der Waals surface area (Å²) in [6.45, 7) is 10.6. The zero-order valence-corrected chi connectivity index (χ0v) is 9.22. The summed E-state index contributed by atoms with van der Waals surface area (Å²) in [5.74, 6) is 2.49. The number of hydrogen-bond acceptors (Lipinski definition) is 1. The molecule has 0 aliphatic heterocycles. The van der Waals surface area contributed by atoms with Crippen LogP contribution in [0.25, 0.3) is 0 Å². The van der Waals surface area contributed by atoms with Gasteiger partial charge in [-0.2, -0.15) is 0 Å². The second kappa shape index (κ2) is 3.83. The van der Waals surface area contributed by atoms with Crippen LogP contribution in [0.5, 0.6) is 0 Å². The first-order valence-electron chi connectivity index (χ1n) is 5.39. The van der Waals surface area contributed by atoms with Crippen LogP contribution in [-0.4, -0.2) is 5.54 Å². The third-order valence-corrected chi connectivity index (χ3v) is 3.68.